The predicted octanol–water partition coefficient (Wildman–Crippen LogP) is -1.91. The number of sulfonamides is 2. The fraction of sp³-hybridized carbons (Fsp3) is 1.00. The van der Waals surface area contributed by atoms with Gasteiger partial charge in [-0.05, 0) is 19.8 Å². The molecule has 0 bridgehead atoms. The van der Waals surface area contributed by atoms with E-state index in [1.165, 1.54) is 0 Å². The zero-order chi connectivity index (χ0) is 19.1. The van der Waals surface area contributed by atoms with Gasteiger partial charge in [0.1, 0.15) is 0 Å². The third kappa shape index (κ3) is 8.12. The second kappa shape index (κ2) is 7.92. The van der Waals surface area contributed by atoms with Crippen LogP contribution in [0.1, 0.15) is 0 Å². The normalized spacial score (nSPS) is 18.7. The van der Waals surface area contributed by atoms with Crippen LogP contribution in [-0.4, -0.2) is 48.8 Å². The first-order chi connectivity index (χ1) is 9.62. The summed E-state index contributed by atoms with van der Waals surface area (Å²) in [6.45, 7) is 0. The summed E-state index contributed by atoms with van der Waals surface area (Å²) < 4.78 is 144. The molecule has 2 unspecified atom stereocenters. The molecule has 0 saturated heterocycles. The zero-order valence-corrected chi connectivity index (χ0v) is 18.1. The van der Waals surface area contributed by atoms with Crippen molar-refractivity contribution < 1.29 is 103 Å². The van der Waals surface area contributed by atoms with E-state index in [1.807, 2.05) is 0 Å². The van der Waals surface area contributed by atoms with E-state index in [0.29, 0.717) is 0 Å². The van der Waals surface area contributed by atoms with E-state index in [-0.39, 0.29) is 63.9 Å². The van der Waals surface area contributed by atoms with Crippen LogP contribution in [0.4, 0.5) is 26.3 Å². The third-order valence-electron chi connectivity index (χ3n) is 1.33. The van der Waals surface area contributed by atoms with Crippen molar-refractivity contribution in [3.05, 3.63) is 4.13 Å². The molecule has 0 spiro atoms. The van der Waals surface area contributed by atoms with Crippen molar-refractivity contribution in [1.82, 2.24) is 0 Å². The quantitative estimate of drug-likeness (QED) is 0.345. The van der Waals surface area contributed by atoms with Crippen LogP contribution in [0.5, 0.6) is 0 Å². The summed E-state index contributed by atoms with van der Waals surface area (Å²) in [4.78, 5) is 0. The molecule has 0 aliphatic carbocycles. The van der Waals surface area contributed by atoms with Crippen LogP contribution in [0, 0.1) is 0 Å². The van der Waals surface area contributed by atoms with Gasteiger partial charge in [-0.25, -0.2) is 0 Å². The Labute approximate surface area is 176 Å². The minimum atomic E-state index is -6.38. The second-order valence-electron chi connectivity index (χ2n) is 3.59. The fourth-order valence-electron chi connectivity index (χ4n) is 0.732. The molecule has 0 saturated carbocycles. The van der Waals surface area contributed by atoms with Crippen LogP contribution in [-0.2, 0) is 39.9 Å². The van der Waals surface area contributed by atoms with Gasteiger partial charge in [-0.2, -0.15) is 43.2 Å². The number of hydrogen-bond acceptors (Lipinski definition) is 6. The molecule has 0 amide bonds. The molecule has 20 heteroatoms. The van der Waals surface area contributed by atoms with Crippen molar-refractivity contribution in [2.45, 2.75) is 11.0 Å². The van der Waals surface area contributed by atoms with Gasteiger partial charge in [0, 0.05) is 12.5 Å². The molecular formula is C4H6F6KN3O6S4. The molecule has 24 heavy (non-hydrogen) atoms. The summed E-state index contributed by atoms with van der Waals surface area (Å²) in [6, 6.07) is 0. The fourth-order valence-corrected chi connectivity index (χ4v) is 7.08. The van der Waals surface area contributed by atoms with Crippen LogP contribution >= 0.6 is 0 Å². The van der Waals surface area contributed by atoms with Crippen LogP contribution in [0.25, 0.3) is 4.13 Å². The van der Waals surface area contributed by atoms with Gasteiger partial charge >= 0.3 is 82.4 Å². The second-order valence-corrected chi connectivity index (χ2v) is 11.3. The van der Waals surface area contributed by atoms with Gasteiger partial charge in [0.2, 0.25) is 0 Å². The maximum absolute atomic E-state index is 12.0. The molecule has 0 aromatic carbocycles. The van der Waals surface area contributed by atoms with Crippen molar-refractivity contribution in [3.63, 3.8) is 0 Å². The minimum absolute atomic E-state index is 0. The first kappa shape index (κ1) is 27.2. The standard InChI is InChI=1S/C4H6F6N3O6S4.K/c1-20(14,12-22(16,17)3(5,6)7)11-21(2,15)13-23(18,19)4(8,9)10;/h1-2H3;/q-1;+1. The van der Waals surface area contributed by atoms with E-state index in [0.717, 1.165) is 0 Å². The number of nitrogens with zero attached hydrogens (tertiary/aromatic N) is 3. The number of alkyl halides is 6. The van der Waals surface area contributed by atoms with Gasteiger partial charge in [0.25, 0.3) is 0 Å². The van der Waals surface area contributed by atoms with Gasteiger partial charge in [0.05, 0.1) is 0 Å². The molecule has 0 fully saturated rings. The van der Waals surface area contributed by atoms with E-state index < -0.39 is 50.9 Å². The Morgan fingerprint density at radius 1 is 0.667 bits per heavy atom. The Balaban J connectivity index is 0. The summed E-state index contributed by atoms with van der Waals surface area (Å²) in [5, 5.41) is 0. The summed E-state index contributed by atoms with van der Waals surface area (Å²) in [6.07, 6.45) is 0.157. The van der Waals surface area contributed by atoms with E-state index in [9.17, 15) is 51.6 Å². The van der Waals surface area contributed by atoms with Gasteiger partial charge in [-0.3, -0.25) is 8.42 Å². The monoisotopic (exact) mass is 473 g/mol. The maximum atomic E-state index is 12.0. The SMILES string of the molecule is CS(=O)(=NS(=O)(=O)C(F)(F)F)[N-]S(C)(=O)=NS(=O)(=O)C(F)(F)F.[K+]. The maximum Gasteiger partial charge on any atom is 1.00 e. The summed E-state index contributed by atoms with van der Waals surface area (Å²) in [5.41, 5.74) is -12.0. The first-order valence-corrected chi connectivity index (χ1v) is 11.1. The summed E-state index contributed by atoms with van der Waals surface area (Å²) >= 11 is 0. The van der Waals surface area contributed by atoms with Gasteiger partial charge < -0.3 is 4.13 Å². The molecule has 0 heterocycles. The molecule has 0 rings (SSSR count). The van der Waals surface area contributed by atoms with Gasteiger partial charge in [0.15, 0.2) is 0 Å². The average molecular weight is 473 g/mol. The number of hydrogen-bond donors (Lipinski definition) is 0. The van der Waals surface area contributed by atoms with Gasteiger partial charge in [-0.15, -0.1) is 7.54 Å². The van der Waals surface area contributed by atoms with E-state index in [2.05, 4.69) is 4.13 Å². The van der Waals surface area contributed by atoms with Crippen molar-refractivity contribution in [2.24, 2.45) is 7.54 Å². The molecule has 0 aromatic rings. The Kier molecular flexibility index (Phi) is 8.98. The van der Waals surface area contributed by atoms with Crippen molar-refractivity contribution in [3.8, 4) is 0 Å². The largest absolute Gasteiger partial charge is 1.00 e. The van der Waals surface area contributed by atoms with Crippen LogP contribution in [0.3, 0.4) is 0 Å². The molecular weight excluding hydrogens is 467 g/mol. The predicted molar refractivity (Wildman–Crippen MR) is 66.3 cm³/mol. The molecule has 2 atom stereocenters. The number of rotatable bonds is 4. The summed E-state index contributed by atoms with van der Waals surface area (Å²) in [5.74, 6) is 0. The Morgan fingerprint density at radius 3 is 1.04 bits per heavy atom. The smallest absolute Gasteiger partial charge is 0.470 e. The van der Waals surface area contributed by atoms with Crippen molar-refractivity contribution in [1.29, 1.82) is 0 Å². The molecule has 0 N–H and O–H groups in total. The van der Waals surface area contributed by atoms with E-state index in [1.54, 1.807) is 7.54 Å². The first-order valence-electron chi connectivity index (χ1n) is 4.45. The molecule has 0 aliphatic heterocycles. The molecule has 9 nitrogen and oxygen atoms in total. The third-order valence-corrected chi connectivity index (χ3v) is 8.50. The van der Waals surface area contributed by atoms with Crippen molar-refractivity contribution in [2.75, 3.05) is 12.5 Å². The Hall–Kier alpha value is 0.976. The molecule has 0 radical (unpaired) electrons. The zero-order valence-electron chi connectivity index (χ0n) is 11.7. The van der Waals surface area contributed by atoms with Crippen LogP contribution in [0.15, 0.2) is 7.54 Å². The minimum Gasteiger partial charge on any atom is -0.470 e. The number of halogens is 6. The van der Waals surface area contributed by atoms with E-state index in [4.69, 9.17) is 0 Å². The van der Waals surface area contributed by atoms with Crippen LogP contribution < -0.4 is 51.4 Å². The molecule has 0 aliphatic rings. The Morgan fingerprint density at radius 2 is 0.875 bits per heavy atom. The average Bonchev–Trinajstić information content (AvgIpc) is 2.05. The summed E-state index contributed by atoms with van der Waals surface area (Å²) in [7, 11) is -22.6. The van der Waals surface area contributed by atoms with E-state index >= 15 is 0 Å². The van der Waals surface area contributed by atoms with Crippen molar-refractivity contribution >= 4 is 39.9 Å². The topological polar surface area (TPSA) is 141 Å². The van der Waals surface area contributed by atoms with Gasteiger partial charge in [-0.1, -0.05) is 0 Å². The Bertz CT molecular complexity index is 840. The van der Waals surface area contributed by atoms with Crippen LogP contribution in [0.2, 0.25) is 0 Å². The molecule has 0 aromatic heterocycles. The molecule has 140 valence electrons.